The fraction of sp³-hybridized carbons (Fsp3) is 0.238. The number of benzene rings is 2. The third-order valence-corrected chi connectivity index (χ3v) is 6.44. The first kappa shape index (κ1) is 22.2. The minimum absolute atomic E-state index is 0.0146. The zero-order valence-electron chi connectivity index (χ0n) is 17.1. The Hall–Kier alpha value is -3.53. The van der Waals surface area contributed by atoms with E-state index in [1.165, 1.54) is 37.3 Å². The van der Waals surface area contributed by atoms with E-state index in [4.69, 9.17) is 4.42 Å². The quantitative estimate of drug-likeness (QED) is 0.300. The highest BCUT2D eigenvalue weighted by atomic mass is 32.2. The van der Waals surface area contributed by atoms with Crippen LogP contribution in [0.15, 0.2) is 51.8 Å². The van der Waals surface area contributed by atoms with Gasteiger partial charge in [-0.05, 0) is 44.5 Å². The Morgan fingerprint density at radius 3 is 2.48 bits per heavy atom. The molecule has 3 rings (SSSR count). The Morgan fingerprint density at radius 1 is 1.16 bits per heavy atom. The molecule has 0 saturated carbocycles. The summed E-state index contributed by atoms with van der Waals surface area (Å²) in [5.74, 6) is -0.577. The van der Waals surface area contributed by atoms with Gasteiger partial charge >= 0.3 is 0 Å². The summed E-state index contributed by atoms with van der Waals surface area (Å²) in [5.41, 5.74) is 0.277. The molecular weight excluding hydrogens is 424 g/mol. The van der Waals surface area contributed by atoms with Crippen molar-refractivity contribution < 1.29 is 27.3 Å². The molecule has 2 aromatic carbocycles. The van der Waals surface area contributed by atoms with Gasteiger partial charge in [-0.2, -0.15) is 0 Å². The van der Waals surface area contributed by atoms with E-state index in [0.29, 0.717) is 33.0 Å². The van der Waals surface area contributed by atoms with E-state index in [9.17, 15) is 28.1 Å². The number of aryl methyl sites for hydroxylation is 1. The summed E-state index contributed by atoms with van der Waals surface area (Å²) >= 11 is 0. The van der Waals surface area contributed by atoms with Crippen molar-refractivity contribution in [2.24, 2.45) is 0 Å². The van der Waals surface area contributed by atoms with Gasteiger partial charge in [0, 0.05) is 23.9 Å². The van der Waals surface area contributed by atoms with Crippen molar-refractivity contribution in [2.75, 3.05) is 4.31 Å². The van der Waals surface area contributed by atoms with E-state index < -0.39 is 26.5 Å². The number of hydrogen-bond acceptors (Lipinski definition) is 7. The minimum atomic E-state index is -4.46. The number of non-ortho nitro benzene ring substituents is 1. The molecule has 3 aromatic rings. The molecule has 0 aliphatic rings. The maximum atomic E-state index is 13.4. The number of amides is 1. The number of rotatable bonds is 7. The van der Waals surface area contributed by atoms with Crippen molar-refractivity contribution in [3.8, 4) is 0 Å². The summed E-state index contributed by atoms with van der Waals surface area (Å²) in [5, 5.41) is 11.5. The monoisotopic (exact) mass is 444 g/mol. The summed E-state index contributed by atoms with van der Waals surface area (Å²) in [7, 11) is -4.46. The van der Waals surface area contributed by atoms with Crippen molar-refractivity contribution in [2.45, 2.75) is 38.5 Å². The lowest BCUT2D eigenvalue weighted by molar-refractivity contribution is -0.385. The molecule has 0 N–H and O–H groups in total. The van der Waals surface area contributed by atoms with Crippen molar-refractivity contribution in [3.63, 3.8) is 0 Å². The van der Waals surface area contributed by atoms with Gasteiger partial charge in [0.2, 0.25) is 5.91 Å². The van der Waals surface area contributed by atoms with Crippen LogP contribution in [0.3, 0.4) is 0 Å². The predicted octanol–water partition coefficient (Wildman–Crippen LogP) is 4.37. The molecule has 0 bridgehead atoms. The number of nitrogens with zero attached hydrogens (tertiary/aromatic N) is 2. The number of nitro groups is 1. The lowest BCUT2D eigenvalue weighted by Crippen LogP contribution is -2.36. The Labute approximate surface area is 178 Å². The van der Waals surface area contributed by atoms with Gasteiger partial charge in [0.05, 0.1) is 21.1 Å². The standard InChI is InChI=1S/C21H20N2O7S/c1-4-6-20(25)22(31(28,29)17-8-5-7-16(11-17)23(26)27)15-9-10-19-18(12-15)21(13(2)24)14(3)30-19/h5,7-12H,4,6H2,1-3H3. The molecule has 0 atom stereocenters. The second-order valence-corrected chi connectivity index (χ2v) is 8.72. The lowest BCUT2D eigenvalue weighted by Gasteiger charge is -2.22. The summed E-state index contributed by atoms with van der Waals surface area (Å²) in [6, 6.07) is 8.79. The maximum absolute atomic E-state index is 13.4. The molecule has 31 heavy (non-hydrogen) atoms. The third kappa shape index (κ3) is 4.06. The Bertz CT molecular complexity index is 1310. The average molecular weight is 444 g/mol. The number of carbonyl (C=O) groups is 2. The number of anilines is 1. The number of Topliss-reactive ketones (excluding diaryl/α,β-unsaturated/α-hetero) is 1. The van der Waals surface area contributed by atoms with Crippen LogP contribution in [0.25, 0.3) is 11.0 Å². The Balaban J connectivity index is 2.24. The first-order valence-corrected chi connectivity index (χ1v) is 10.9. The molecule has 0 unspecified atom stereocenters. The number of carbonyl (C=O) groups excluding carboxylic acids is 2. The smallest absolute Gasteiger partial charge is 0.271 e. The van der Waals surface area contributed by atoms with E-state index in [1.807, 2.05) is 0 Å². The predicted molar refractivity (Wildman–Crippen MR) is 114 cm³/mol. The van der Waals surface area contributed by atoms with E-state index in [2.05, 4.69) is 0 Å². The number of furan rings is 1. The van der Waals surface area contributed by atoms with Gasteiger partial charge in [-0.15, -0.1) is 0 Å². The van der Waals surface area contributed by atoms with Crippen LogP contribution in [-0.2, 0) is 14.8 Å². The Kier molecular flexibility index (Phi) is 5.94. The highest BCUT2D eigenvalue weighted by Gasteiger charge is 2.32. The van der Waals surface area contributed by atoms with Crippen LogP contribution in [0.2, 0.25) is 0 Å². The number of ketones is 1. The van der Waals surface area contributed by atoms with Crippen LogP contribution in [0, 0.1) is 17.0 Å². The molecule has 9 nitrogen and oxygen atoms in total. The van der Waals surface area contributed by atoms with E-state index in [1.54, 1.807) is 13.8 Å². The van der Waals surface area contributed by atoms with Crippen LogP contribution in [0.5, 0.6) is 0 Å². The fourth-order valence-corrected chi connectivity index (χ4v) is 4.85. The highest BCUT2D eigenvalue weighted by molar-refractivity contribution is 7.93. The van der Waals surface area contributed by atoms with Crippen molar-refractivity contribution >= 4 is 44.1 Å². The van der Waals surface area contributed by atoms with Crippen molar-refractivity contribution in [1.29, 1.82) is 0 Å². The first-order chi connectivity index (χ1) is 14.6. The molecule has 0 saturated heterocycles. The van der Waals surface area contributed by atoms with Crippen LogP contribution in [0.4, 0.5) is 11.4 Å². The molecule has 162 valence electrons. The number of hydrogen-bond donors (Lipinski definition) is 0. The number of sulfonamides is 1. The number of nitro benzene ring substituents is 1. The molecule has 1 aromatic heterocycles. The van der Waals surface area contributed by atoms with Crippen molar-refractivity contribution in [3.05, 3.63) is 63.9 Å². The lowest BCUT2D eigenvalue weighted by atomic mass is 10.1. The molecule has 0 fully saturated rings. The molecule has 1 amide bonds. The van der Waals surface area contributed by atoms with E-state index in [0.717, 1.165) is 12.1 Å². The first-order valence-electron chi connectivity index (χ1n) is 9.44. The van der Waals surface area contributed by atoms with Crippen LogP contribution < -0.4 is 4.31 Å². The van der Waals surface area contributed by atoms with Gasteiger partial charge in [-0.1, -0.05) is 13.0 Å². The van der Waals surface area contributed by atoms with Gasteiger partial charge in [0.15, 0.2) is 5.78 Å². The van der Waals surface area contributed by atoms with Gasteiger partial charge in [0.1, 0.15) is 11.3 Å². The second kappa shape index (κ2) is 8.31. The topological polar surface area (TPSA) is 128 Å². The summed E-state index contributed by atoms with van der Waals surface area (Å²) in [6.07, 6.45) is 0.335. The molecular formula is C21H20N2O7S. The molecule has 1 heterocycles. The molecule has 0 aliphatic carbocycles. The molecule has 10 heteroatoms. The SMILES string of the molecule is CCCC(=O)N(c1ccc2oc(C)c(C(C)=O)c2c1)S(=O)(=O)c1cccc([N+](=O)[O-])c1. The van der Waals surface area contributed by atoms with Crippen LogP contribution in [0.1, 0.15) is 42.8 Å². The van der Waals surface area contributed by atoms with Crippen LogP contribution >= 0.6 is 0 Å². The van der Waals surface area contributed by atoms with Gasteiger partial charge < -0.3 is 4.42 Å². The zero-order valence-corrected chi connectivity index (χ0v) is 17.9. The molecule has 0 radical (unpaired) electrons. The zero-order chi connectivity index (χ0) is 22.9. The highest BCUT2D eigenvalue weighted by Crippen LogP contribution is 2.33. The second-order valence-electron chi connectivity index (χ2n) is 6.94. The largest absolute Gasteiger partial charge is 0.461 e. The van der Waals surface area contributed by atoms with Crippen LogP contribution in [-0.4, -0.2) is 25.0 Å². The van der Waals surface area contributed by atoms with E-state index in [-0.39, 0.29) is 22.8 Å². The minimum Gasteiger partial charge on any atom is -0.461 e. The number of fused-ring (bicyclic) bond motifs is 1. The summed E-state index contributed by atoms with van der Waals surface area (Å²) < 4.78 is 32.9. The third-order valence-electron chi connectivity index (χ3n) is 4.69. The van der Waals surface area contributed by atoms with Gasteiger partial charge in [-0.3, -0.25) is 19.7 Å². The van der Waals surface area contributed by atoms with Crippen molar-refractivity contribution in [1.82, 2.24) is 0 Å². The molecule has 0 aliphatic heterocycles. The van der Waals surface area contributed by atoms with Gasteiger partial charge in [0.25, 0.3) is 15.7 Å². The summed E-state index contributed by atoms with van der Waals surface area (Å²) in [4.78, 5) is 34.9. The fourth-order valence-electron chi connectivity index (χ4n) is 3.37. The average Bonchev–Trinajstić information content (AvgIpc) is 3.03. The normalized spacial score (nSPS) is 11.5. The Morgan fingerprint density at radius 2 is 1.87 bits per heavy atom. The summed E-state index contributed by atoms with van der Waals surface area (Å²) in [6.45, 7) is 4.71. The maximum Gasteiger partial charge on any atom is 0.271 e. The van der Waals surface area contributed by atoms with E-state index >= 15 is 0 Å². The molecule has 0 spiro atoms. The van der Waals surface area contributed by atoms with Gasteiger partial charge in [-0.25, -0.2) is 12.7 Å².